The molecule has 0 amide bonds. The Morgan fingerprint density at radius 1 is 0.810 bits per heavy atom. The number of halogens is 1. The Kier molecular flexibility index (Phi) is 12.6. The fourth-order valence-electron chi connectivity index (χ4n) is 2.71. The molecule has 0 heterocycles. The maximum absolute atomic E-state index is 5.84. The van der Waals surface area contributed by atoms with E-state index in [0.717, 1.165) is 5.69 Å². The standard InChI is InChI=1S/C19H33N.ClH/c1-3-4-5-6-7-8-9-10-11-12-13-18-14-15-19(20)17(2)16-18;/h14-16H,3-13,20H2,1-2H3;1H. The minimum absolute atomic E-state index is 0. The van der Waals surface area contributed by atoms with Crippen molar-refractivity contribution in [2.45, 2.75) is 84.5 Å². The predicted molar refractivity (Wildman–Crippen MR) is 98.4 cm³/mol. The van der Waals surface area contributed by atoms with Crippen LogP contribution in [0.15, 0.2) is 18.2 Å². The molecule has 1 nitrogen and oxygen atoms in total. The predicted octanol–water partition coefficient (Wildman–Crippen LogP) is 6.46. The molecule has 122 valence electrons. The van der Waals surface area contributed by atoms with E-state index < -0.39 is 0 Å². The Bertz CT molecular complexity index is 363. The minimum atomic E-state index is 0. The SMILES string of the molecule is CCCCCCCCCCCCc1ccc(N)c(C)c1.Cl. The highest BCUT2D eigenvalue weighted by molar-refractivity contribution is 5.85. The van der Waals surface area contributed by atoms with Gasteiger partial charge >= 0.3 is 0 Å². The third-order valence-electron chi connectivity index (χ3n) is 4.15. The number of anilines is 1. The summed E-state index contributed by atoms with van der Waals surface area (Å²) in [6.45, 7) is 4.37. The highest BCUT2D eigenvalue weighted by Gasteiger charge is 1.97. The largest absolute Gasteiger partial charge is 0.399 e. The Balaban J connectivity index is 0.00000400. The summed E-state index contributed by atoms with van der Waals surface area (Å²) in [6.07, 6.45) is 15.3. The number of hydrogen-bond acceptors (Lipinski definition) is 1. The lowest BCUT2D eigenvalue weighted by Gasteiger charge is -2.05. The lowest BCUT2D eigenvalue weighted by molar-refractivity contribution is 0.556. The van der Waals surface area contributed by atoms with Crippen LogP contribution in [0.4, 0.5) is 5.69 Å². The van der Waals surface area contributed by atoms with Gasteiger partial charge in [-0.1, -0.05) is 76.8 Å². The molecule has 0 aromatic heterocycles. The van der Waals surface area contributed by atoms with Gasteiger partial charge < -0.3 is 5.73 Å². The molecule has 1 aromatic carbocycles. The van der Waals surface area contributed by atoms with Crippen molar-refractivity contribution in [2.75, 3.05) is 5.73 Å². The molecular formula is C19H34ClN. The van der Waals surface area contributed by atoms with Gasteiger partial charge in [0.15, 0.2) is 0 Å². The van der Waals surface area contributed by atoms with E-state index in [2.05, 4.69) is 26.0 Å². The molecule has 0 spiro atoms. The van der Waals surface area contributed by atoms with Crippen molar-refractivity contribution in [3.05, 3.63) is 29.3 Å². The second kappa shape index (κ2) is 13.0. The van der Waals surface area contributed by atoms with Crippen LogP contribution in [-0.2, 0) is 6.42 Å². The summed E-state index contributed by atoms with van der Waals surface area (Å²) in [4.78, 5) is 0. The second-order valence-electron chi connectivity index (χ2n) is 6.12. The molecule has 2 heteroatoms. The van der Waals surface area contributed by atoms with Crippen LogP contribution < -0.4 is 5.73 Å². The van der Waals surface area contributed by atoms with Gasteiger partial charge in [0, 0.05) is 5.69 Å². The van der Waals surface area contributed by atoms with Gasteiger partial charge in [0.2, 0.25) is 0 Å². The molecule has 1 rings (SSSR count). The van der Waals surface area contributed by atoms with Crippen LogP contribution in [0.25, 0.3) is 0 Å². The van der Waals surface area contributed by atoms with Crippen LogP contribution in [-0.4, -0.2) is 0 Å². The van der Waals surface area contributed by atoms with Crippen molar-refractivity contribution >= 4 is 18.1 Å². The molecule has 21 heavy (non-hydrogen) atoms. The Morgan fingerprint density at radius 3 is 1.86 bits per heavy atom. The summed E-state index contributed by atoms with van der Waals surface area (Å²) in [5, 5.41) is 0. The van der Waals surface area contributed by atoms with E-state index in [1.54, 1.807) is 0 Å². The first-order valence-electron chi connectivity index (χ1n) is 8.59. The van der Waals surface area contributed by atoms with Gasteiger partial charge in [-0.25, -0.2) is 0 Å². The Hall–Kier alpha value is -0.690. The average molecular weight is 312 g/mol. The number of unbranched alkanes of at least 4 members (excludes halogenated alkanes) is 9. The average Bonchev–Trinajstić information content (AvgIpc) is 2.45. The van der Waals surface area contributed by atoms with Gasteiger partial charge in [-0.05, 0) is 37.0 Å². The van der Waals surface area contributed by atoms with Crippen molar-refractivity contribution in [1.29, 1.82) is 0 Å². The smallest absolute Gasteiger partial charge is 0.0343 e. The molecule has 0 unspecified atom stereocenters. The maximum Gasteiger partial charge on any atom is 0.0343 e. The quantitative estimate of drug-likeness (QED) is 0.368. The van der Waals surface area contributed by atoms with Crippen molar-refractivity contribution in [3.8, 4) is 0 Å². The van der Waals surface area contributed by atoms with Crippen LogP contribution in [0.5, 0.6) is 0 Å². The summed E-state index contributed by atoms with van der Waals surface area (Å²) in [5.41, 5.74) is 9.41. The van der Waals surface area contributed by atoms with Crippen LogP contribution in [0.3, 0.4) is 0 Å². The summed E-state index contributed by atoms with van der Waals surface area (Å²) in [5.74, 6) is 0. The number of aryl methyl sites for hydroxylation is 2. The molecule has 0 aliphatic heterocycles. The molecule has 0 aliphatic carbocycles. The first kappa shape index (κ1) is 20.3. The van der Waals surface area contributed by atoms with Crippen LogP contribution in [0.1, 0.15) is 82.3 Å². The topological polar surface area (TPSA) is 26.0 Å². The number of benzene rings is 1. The maximum atomic E-state index is 5.84. The number of rotatable bonds is 11. The van der Waals surface area contributed by atoms with Gasteiger partial charge in [0.25, 0.3) is 0 Å². The molecule has 0 aliphatic rings. The van der Waals surface area contributed by atoms with Gasteiger partial charge in [-0.2, -0.15) is 0 Å². The Morgan fingerprint density at radius 2 is 1.33 bits per heavy atom. The molecule has 0 bridgehead atoms. The third-order valence-corrected chi connectivity index (χ3v) is 4.15. The van der Waals surface area contributed by atoms with E-state index >= 15 is 0 Å². The molecule has 0 saturated carbocycles. The zero-order valence-corrected chi connectivity index (χ0v) is 14.8. The van der Waals surface area contributed by atoms with E-state index in [9.17, 15) is 0 Å². The van der Waals surface area contributed by atoms with Crippen molar-refractivity contribution in [2.24, 2.45) is 0 Å². The molecule has 0 fully saturated rings. The number of hydrogen-bond donors (Lipinski definition) is 1. The molecule has 0 radical (unpaired) electrons. The molecule has 2 N–H and O–H groups in total. The monoisotopic (exact) mass is 311 g/mol. The zero-order valence-electron chi connectivity index (χ0n) is 14.0. The summed E-state index contributed by atoms with van der Waals surface area (Å²) >= 11 is 0. The van der Waals surface area contributed by atoms with Crippen LogP contribution >= 0.6 is 12.4 Å². The van der Waals surface area contributed by atoms with Gasteiger partial charge in [0.1, 0.15) is 0 Å². The highest BCUT2D eigenvalue weighted by Crippen LogP contribution is 2.16. The van der Waals surface area contributed by atoms with Crippen molar-refractivity contribution < 1.29 is 0 Å². The van der Waals surface area contributed by atoms with Crippen LogP contribution in [0.2, 0.25) is 0 Å². The normalized spacial score (nSPS) is 10.4. The summed E-state index contributed by atoms with van der Waals surface area (Å²) in [7, 11) is 0. The van der Waals surface area contributed by atoms with Crippen molar-refractivity contribution in [3.63, 3.8) is 0 Å². The van der Waals surface area contributed by atoms with Crippen LogP contribution in [0, 0.1) is 6.92 Å². The molecular weight excluding hydrogens is 278 g/mol. The fraction of sp³-hybridized carbons (Fsp3) is 0.684. The Labute approximate surface area is 138 Å². The highest BCUT2D eigenvalue weighted by atomic mass is 35.5. The first-order valence-corrected chi connectivity index (χ1v) is 8.59. The van der Waals surface area contributed by atoms with Gasteiger partial charge in [-0.15, -0.1) is 12.4 Å². The summed E-state index contributed by atoms with van der Waals surface area (Å²) in [6, 6.07) is 6.46. The lowest BCUT2D eigenvalue weighted by Crippen LogP contribution is -1.92. The number of nitrogen functional groups attached to an aromatic ring is 1. The molecule has 1 aromatic rings. The van der Waals surface area contributed by atoms with Gasteiger partial charge in [0.05, 0.1) is 0 Å². The minimum Gasteiger partial charge on any atom is -0.399 e. The third kappa shape index (κ3) is 9.79. The first-order chi connectivity index (χ1) is 9.74. The van der Waals surface area contributed by atoms with E-state index in [1.165, 1.54) is 81.8 Å². The second-order valence-corrected chi connectivity index (χ2v) is 6.12. The van der Waals surface area contributed by atoms with E-state index in [4.69, 9.17) is 5.73 Å². The zero-order chi connectivity index (χ0) is 14.6. The molecule has 0 atom stereocenters. The number of nitrogens with two attached hydrogens (primary N) is 1. The molecule has 0 saturated heterocycles. The van der Waals surface area contributed by atoms with Crippen molar-refractivity contribution in [1.82, 2.24) is 0 Å². The lowest BCUT2D eigenvalue weighted by atomic mass is 10.0. The van der Waals surface area contributed by atoms with Gasteiger partial charge in [-0.3, -0.25) is 0 Å². The van der Waals surface area contributed by atoms with E-state index in [-0.39, 0.29) is 12.4 Å². The fourth-order valence-corrected chi connectivity index (χ4v) is 2.71. The summed E-state index contributed by atoms with van der Waals surface area (Å²) < 4.78 is 0. The van der Waals surface area contributed by atoms with E-state index in [0.29, 0.717) is 0 Å². The van der Waals surface area contributed by atoms with E-state index in [1.807, 2.05) is 6.07 Å².